The zero-order chi connectivity index (χ0) is 11.4. The first kappa shape index (κ1) is 9.01. The highest BCUT2D eigenvalue weighted by Gasteiger charge is 2.10. The fourth-order valence-electron chi connectivity index (χ4n) is 2.47. The Bertz CT molecular complexity index is 857. The van der Waals surface area contributed by atoms with Crippen LogP contribution < -0.4 is 5.19 Å². The summed E-state index contributed by atoms with van der Waals surface area (Å²) in [5, 5.41) is 1.39. The molecule has 4 heteroatoms. The Labute approximate surface area is 101 Å². The summed E-state index contributed by atoms with van der Waals surface area (Å²) in [5.41, 5.74) is 4.66. The van der Waals surface area contributed by atoms with Gasteiger partial charge in [0.05, 0.1) is 22.1 Å². The molecule has 0 saturated heterocycles. The van der Waals surface area contributed by atoms with Gasteiger partial charge in [-0.25, -0.2) is 4.98 Å². The number of nitrogens with one attached hydrogen (secondary N) is 1. The molecule has 2 heterocycles. The fourth-order valence-corrected chi connectivity index (χ4v) is 3.04. The summed E-state index contributed by atoms with van der Waals surface area (Å²) in [6, 6.07) is 14.7. The zero-order valence-electron chi connectivity index (χ0n) is 9.44. The molecule has 82 valence electrons. The predicted molar refractivity (Wildman–Crippen MR) is 74.1 cm³/mol. The van der Waals surface area contributed by atoms with Crippen LogP contribution in [0.4, 0.5) is 0 Å². The van der Waals surface area contributed by atoms with Crippen molar-refractivity contribution in [2.45, 2.75) is 0 Å². The summed E-state index contributed by atoms with van der Waals surface area (Å²) in [6.07, 6.45) is 0. The summed E-state index contributed by atoms with van der Waals surface area (Å²) in [5.74, 6) is 0.935. The smallest absolute Gasteiger partial charge is 0.213 e. The van der Waals surface area contributed by atoms with E-state index in [4.69, 9.17) is 0 Å². The zero-order valence-corrected chi connectivity index (χ0v) is 11.4. The van der Waals surface area contributed by atoms with Gasteiger partial charge in [0.15, 0.2) is 0 Å². The van der Waals surface area contributed by atoms with Crippen LogP contribution in [0, 0.1) is 0 Å². The third kappa shape index (κ3) is 1.08. The van der Waals surface area contributed by atoms with Crippen molar-refractivity contribution in [2.24, 2.45) is 0 Å². The maximum absolute atomic E-state index is 4.62. The second-order valence-electron chi connectivity index (χ2n) is 4.35. The van der Waals surface area contributed by atoms with Gasteiger partial charge in [-0.3, -0.25) is 4.40 Å². The van der Waals surface area contributed by atoms with Crippen LogP contribution in [0.1, 0.15) is 0 Å². The lowest BCUT2D eigenvalue weighted by atomic mass is 10.3. The lowest BCUT2D eigenvalue weighted by Crippen LogP contribution is -2.02. The molecule has 0 saturated carbocycles. The van der Waals surface area contributed by atoms with Crippen molar-refractivity contribution in [2.75, 3.05) is 0 Å². The number of aromatic nitrogens is 3. The number of hydrogen-bond acceptors (Lipinski definition) is 1. The van der Waals surface area contributed by atoms with E-state index >= 15 is 0 Å². The van der Waals surface area contributed by atoms with Gasteiger partial charge in [-0.15, -0.1) is 0 Å². The van der Waals surface area contributed by atoms with E-state index in [-0.39, 0.29) is 0 Å². The molecule has 0 aliphatic heterocycles. The first-order valence-corrected chi connectivity index (χ1v) is 6.69. The van der Waals surface area contributed by atoms with Crippen molar-refractivity contribution in [1.82, 2.24) is 14.4 Å². The highest BCUT2D eigenvalue weighted by atomic mass is 28.1. The molecule has 0 aliphatic rings. The molecule has 0 fully saturated rings. The lowest BCUT2D eigenvalue weighted by Gasteiger charge is -1.96. The van der Waals surface area contributed by atoms with Gasteiger partial charge >= 0.3 is 0 Å². The van der Waals surface area contributed by atoms with Gasteiger partial charge in [-0.05, 0) is 23.4 Å². The van der Waals surface area contributed by atoms with Crippen molar-refractivity contribution in [3.05, 3.63) is 42.5 Å². The monoisotopic (exact) mass is 237 g/mol. The van der Waals surface area contributed by atoms with Gasteiger partial charge in [0, 0.05) is 10.2 Å². The molecule has 2 aromatic carbocycles. The van der Waals surface area contributed by atoms with Crippen LogP contribution in [0.15, 0.2) is 42.5 Å². The molecule has 4 rings (SSSR count). The van der Waals surface area contributed by atoms with Gasteiger partial charge < -0.3 is 4.98 Å². The first-order valence-electron chi connectivity index (χ1n) is 5.69. The van der Waals surface area contributed by atoms with Gasteiger partial charge in [0.2, 0.25) is 5.78 Å². The van der Waals surface area contributed by atoms with E-state index in [0.717, 1.165) is 21.5 Å². The summed E-state index contributed by atoms with van der Waals surface area (Å²) < 4.78 is 2.20. The number of hydrogen-bond donors (Lipinski definition) is 1. The summed E-state index contributed by atoms with van der Waals surface area (Å²) >= 11 is 0. The van der Waals surface area contributed by atoms with E-state index in [9.17, 15) is 0 Å². The number of fused-ring (bicyclic) bond motifs is 5. The molecule has 0 unspecified atom stereocenters. The van der Waals surface area contributed by atoms with Crippen molar-refractivity contribution >= 4 is 43.3 Å². The Morgan fingerprint density at radius 3 is 2.76 bits per heavy atom. The van der Waals surface area contributed by atoms with Crippen LogP contribution in [0.5, 0.6) is 0 Å². The fraction of sp³-hybridized carbons (Fsp3) is 0. The van der Waals surface area contributed by atoms with E-state index < -0.39 is 0 Å². The standard InChI is InChI=1S/C13H11N3Si/c17-11-7-3-6-10-12(11)15-13-14-8-4-1-2-5-9(8)16(10)13/h1-7H,17H3,(H,14,15). The summed E-state index contributed by atoms with van der Waals surface area (Å²) in [7, 11) is 1.05. The van der Waals surface area contributed by atoms with E-state index in [1.54, 1.807) is 0 Å². The number of rotatable bonds is 0. The number of H-pyrrole nitrogens is 1. The minimum atomic E-state index is 0.935. The van der Waals surface area contributed by atoms with E-state index in [0.29, 0.717) is 0 Å². The van der Waals surface area contributed by atoms with Gasteiger partial charge in [0.1, 0.15) is 0 Å². The van der Waals surface area contributed by atoms with Gasteiger partial charge in [0.25, 0.3) is 0 Å². The number of nitrogens with zero attached hydrogens (tertiary/aromatic N) is 2. The molecule has 2 aromatic heterocycles. The molecule has 1 N–H and O–H groups in total. The second kappa shape index (κ2) is 2.98. The van der Waals surface area contributed by atoms with Crippen molar-refractivity contribution in [3.63, 3.8) is 0 Å². The quantitative estimate of drug-likeness (QED) is 0.454. The van der Waals surface area contributed by atoms with Crippen LogP contribution in [-0.2, 0) is 0 Å². The average molecular weight is 237 g/mol. The van der Waals surface area contributed by atoms with Crippen LogP contribution in [0.3, 0.4) is 0 Å². The van der Waals surface area contributed by atoms with Crippen LogP contribution in [-0.4, -0.2) is 24.6 Å². The third-order valence-corrected chi connectivity index (χ3v) is 4.12. The Balaban J connectivity index is 2.36. The minimum absolute atomic E-state index is 0.935. The number of benzene rings is 2. The summed E-state index contributed by atoms with van der Waals surface area (Å²) in [4.78, 5) is 8.04. The maximum Gasteiger partial charge on any atom is 0.213 e. The molecule has 0 atom stereocenters. The van der Waals surface area contributed by atoms with Crippen molar-refractivity contribution in [3.8, 4) is 0 Å². The molecular formula is C13H11N3Si. The number of aromatic amines is 1. The second-order valence-corrected chi connectivity index (χ2v) is 5.43. The van der Waals surface area contributed by atoms with Gasteiger partial charge in [-0.2, -0.15) is 0 Å². The highest BCUT2D eigenvalue weighted by molar-refractivity contribution is 6.38. The maximum atomic E-state index is 4.62. The largest absolute Gasteiger partial charge is 0.324 e. The van der Waals surface area contributed by atoms with Crippen LogP contribution in [0.25, 0.3) is 27.8 Å². The number of para-hydroxylation sites is 3. The Hall–Kier alpha value is -2.07. The van der Waals surface area contributed by atoms with E-state index in [1.807, 2.05) is 12.1 Å². The van der Waals surface area contributed by atoms with Crippen molar-refractivity contribution < 1.29 is 0 Å². The van der Waals surface area contributed by atoms with E-state index in [1.165, 1.54) is 21.7 Å². The molecule has 0 radical (unpaired) electrons. The molecule has 17 heavy (non-hydrogen) atoms. The molecule has 0 aliphatic carbocycles. The predicted octanol–water partition coefficient (Wildman–Crippen LogP) is 0.959. The van der Waals surface area contributed by atoms with E-state index in [2.05, 4.69) is 44.7 Å². The normalized spacial score (nSPS) is 12.0. The first-order chi connectivity index (χ1) is 8.34. The molecule has 4 aromatic rings. The molecular weight excluding hydrogens is 226 g/mol. The third-order valence-electron chi connectivity index (χ3n) is 3.29. The van der Waals surface area contributed by atoms with Gasteiger partial charge in [-0.1, -0.05) is 24.3 Å². The Kier molecular flexibility index (Phi) is 1.58. The number of imidazole rings is 2. The Morgan fingerprint density at radius 2 is 1.82 bits per heavy atom. The minimum Gasteiger partial charge on any atom is -0.324 e. The lowest BCUT2D eigenvalue weighted by molar-refractivity contribution is 1.28. The van der Waals surface area contributed by atoms with Crippen LogP contribution >= 0.6 is 0 Å². The molecule has 3 nitrogen and oxygen atoms in total. The SMILES string of the molecule is [SiH3]c1cccc2c1[nH]c1nc3ccccc3n12. The highest BCUT2D eigenvalue weighted by Crippen LogP contribution is 2.21. The summed E-state index contributed by atoms with van der Waals surface area (Å²) in [6.45, 7) is 0. The Morgan fingerprint density at radius 1 is 1.00 bits per heavy atom. The molecule has 0 bridgehead atoms. The van der Waals surface area contributed by atoms with Crippen LogP contribution in [0.2, 0.25) is 0 Å². The molecule has 0 spiro atoms. The average Bonchev–Trinajstić information content (AvgIpc) is 2.85. The molecule has 0 amide bonds. The van der Waals surface area contributed by atoms with Crippen molar-refractivity contribution in [1.29, 1.82) is 0 Å². The topological polar surface area (TPSA) is 33.1 Å².